The largest absolute Gasteiger partial charge is 0.372 e. The molecule has 0 aromatic carbocycles. The molecule has 1 fully saturated rings. The average molecular weight is 286 g/mol. The zero-order valence-electron chi connectivity index (χ0n) is 9.77. The van der Waals surface area contributed by atoms with E-state index >= 15 is 0 Å². The summed E-state index contributed by atoms with van der Waals surface area (Å²) < 4.78 is 6.54. The molecule has 88 valence electrons. The number of aryl methyl sites for hydroxylation is 1. The number of aromatic nitrogens is 2. The summed E-state index contributed by atoms with van der Waals surface area (Å²) in [6, 6.07) is 1.96. The molecular formula is C11H16BrN3O. The molecule has 0 aliphatic carbocycles. The third-order valence-corrected chi connectivity index (χ3v) is 2.94. The highest BCUT2D eigenvalue weighted by Crippen LogP contribution is 2.20. The standard InChI is InChI=1S/C11H16BrN3O/c1-7-5-15(6-8(2)16-7)11-4-10(12)13-9(3)14-11/h4,7-8H,5-6H2,1-3H3/t7-,8+. The minimum atomic E-state index is 0.248. The molecule has 1 aliphatic rings. The van der Waals surface area contributed by atoms with E-state index in [0.717, 1.165) is 29.3 Å². The Bertz CT molecular complexity index is 355. The van der Waals surface area contributed by atoms with Gasteiger partial charge in [0.15, 0.2) is 0 Å². The van der Waals surface area contributed by atoms with Crippen LogP contribution in [-0.4, -0.2) is 35.3 Å². The molecule has 1 aromatic rings. The van der Waals surface area contributed by atoms with Crippen LogP contribution >= 0.6 is 15.9 Å². The van der Waals surface area contributed by atoms with Crippen LogP contribution in [0.1, 0.15) is 19.7 Å². The molecule has 0 amide bonds. The lowest BCUT2D eigenvalue weighted by atomic mass is 10.2. The lowest BCUT2D eigenvalue weighted by Crippen LogP contribution is -2.45. The number of ether oxygens (including phenoxy) is 1. The smallest absolute Gasteiger partial charge is 0.133 e. The van der Waals surface area contributed by atoms with Crippen molar-refractivity contribution in [3.63, 3.8) is 0 Å². The number of anilines is 1. The molecule has 1 saturated heterocycles. The minimum absolute atomic E-state index is 0.248. The molecule has 2 rings (SSSR count). The Labute approximate surface area is 104 Å². The molecule has 1 aromatic heterocycles. The van der Waals surface area contributed by atoms with E-state index in [1.165, 1.54) is 0 Å². The van der Waals surface area contributed by atoms with E-state index in [4.69, 9.17) is 4.74 Å². The maximum atomic E-state index is 5.70. The van der Waals surface area contributed by atoms with Crippen LogP contribution in [0.3, 0.4) is 0 Å². The fourth-order valence-corrected chi connectivity index (χ4v) is 2.50. The summed E-state index contributed by atoms with van der Waals surface area (Å²) in [6.07, 6.45) is 0.496. The summed E-state index contributed by atoms with van der Waals surface area (Å²) in [5, 5.41) is 0. The van der Waals surface area contributed by atoms with Gasteiger partial charge < -0.3 is 9.64 Å². The highest BCUT2D eigenvalue weighted by atomic mass is 79.9. The topological polar surface area (TPSA) is 38.2 Å². The number of rotatable bonds is 1. The van der Waals surface area contributed by atoms with Crippen LogP contribution in [0.25, 0.3) is 0 Å². The fraction of sp³-hybridized carbons (Fsp3) is 0.636. The molecule has 0 spiro atoms. The van der Waals surface area contributed by atoms with Gasteiger partial charge in [0.05, 0.1) is 12.2 Å². The van der Waals surface area contributed by atoms with E-state index in [-0.39, 0.29) is 12.2 Å². The van der Waals surface area contributed by atoms with Crippen LogP contribution in [0, 0.1) is 6.92 Å². The second kappa shape index (κ2) is 4.67. The number of halogens is 1. The van der Waals surface area contributed by atoms with Gasteiger partial charge >= 0.3 is 0 Å². The van der Waals surface area contributed by atoms with E-state index in [1.54, 1.807) is 0 Å². The Balaban J connectivity index is 2.22. The van der Waals surface area contributed by atoms with Crippen molar-refractivity contribution in [3.05, 3.63) is 16.5 Å². The Hall–Kier alpha value is -0.680. The van der Waals surface area contributed by atoms with Gasteiger partial charge in [-0.2, -0.15) is 0 Å². The van der Waals surface area contributed by atoms with E-state index in [9.17, 15) is 0 Å². The molecule has 0 N–H and O–H groups in total. The van der Waals surface area contributed by atoms with Crippen LogP contribution in [-0.2, 0) is 4.74 Å². The zero-order valence-corrected chi connectivity index (χ0v) is 11.4. The second-order valence-corrected chi connectivity index (χ2v) is 5.07. The third-order valence-electron chi connectivity index (χ3n) is 2.54. The van der Waals surface area contributed by atoms with Gasteiger partial charge in [0.2, 0.25) is 0 Å². The predicted octanol–water partition coefficient (Wildman–Crippen LogP) is 2.16. The number of hydrogen-bond donors (Lipinski definition) is 0. The lowest BCUT2D eigenvalue weighted by molar-refractivity contribution is -0.00548. The maximum absolute atomic E-state index is 5.70. The minimum Gasteiger partial charge on any atom is -0.372 e. The van der Waals surface area contributed by atoms with Crippen molar-refractivity contribution in [2.24, 2.45) is 0 Å². The average Bonchev–Trinajstić information content (AvgIpc) is 2.14. The van der Waals surface area contributed by atoms with Crippen LogP contribution < -0.4 is 4.90 Å². The van der Waals surface area contributed by atoms with Crippen molar-refractivity contribution in [3.8, 4) is 0 Å². The van der Waals surface area contributed by atoms with E-state index in [1.807, 2.05) is 13.0 Å². The zero-order chi connectivity index (χ0) is 11.7. The number of nitrogens with zero attached hydrogens (tertiary/aromatic N) is 3. The van der Waals surface area contributed by atoms with E-state index in [2.05, 4.69) is 44.6 Å². The summed E-state index contributed by atoms with van der Waals surface area (Å²) in [5.74, 6) is 1.76. The lowest BCUT2D eigenvalue weighted by Gasteiger charge is -2.36. The first-order chi connectivity index (χ1) is 7.54. The first-order valence-electron chi connectivity index (χ1n) is 5.46. The molecule has 0 unspecified atom stereocenters. The van der Waals surface area contributed by atoms with Crippen molar-refractivity contribution in [2.45, 2.75) is 33.0 Å². The Morgan fingerprint density at radius 2 is 1.94 bits per heavy atom. The molecule has 0 radical (unpaired) electrons. The molecule has 2 atom stereocenters. The number of morpholine rings is 1. The van der Waals surface area contributed by atoms with Crippen molar-refractivity contribution in [2.75, 3.05) is 18.0 Å². The van der Waals surface area contributed by atoms with Gasteiger partial charge in [0.1, 0.15) is 16.2 Å². The highest BCUT2D eigenvalue weighted by molar-refractivity contribution is 9.10. The van der Waals surface area contributed by atoms with Gasteiger partial charge in [0.25, 0.3) is 0 Å². The molecule has 0 bridgehead atoms. The fourth-order valence-electron chi connectivity index (χ4n) is 2.04. The summed E-state index contributed by atoms with van der Waals surface area (Å²) in [4.78, 5) is 10.9. The van der Waals surface area contributed by atoms with Gasteiger partial charge in [0, 0.05) is 19.2 Å². The van der Waals surface area contributed by atoms with E-state index in [0.29, 0.717) is 0 Å². The molecular weight excluding hydrogens is 270 g/mol. The SMILES string of the molecule is Cc1nc(Br)cc(N2C[C@@H](C)O[C@@H](C)C2)n1. The van der Waals surface area contributed by atoms with Gasteiger partial charge in [-0.1, -0.05) is 0 Å². The van der Waals surface area contributed by atoms with Gasteiger partial charge in [-0.3, -0.25) is 0 Å². The predicted molar refractivity (Wildman–Crippen MR) is 66.7 cm³/mol. The van der Waals surface area contributed by atoms with Crippen molar-refractivity contribution in [1.82, 2.24) is 9.97 Å². The monoisotopic (exact) mass is 285 g/mol. The summed E-state index contributed by atoms with van der Waals surface area (Å²) in [5.41, 5.74) is 0. The Kier molecular flexibility index (Phi) is 3.44. The van der Waals surface area contributed by atoms with E-state index < -0.39 is 0 Å². The Morgan fingerprint density at radius 1 is 1.31 bits per heavy atom. The first kappa shape index (κ1) is 11.8. The summed E-state index contributed by atoms with van der Waals surface area (Å²) >= 11 is 3.40. The normalized spacial score (nSPS) is 25.9. The van der Waals surface area contributed by atoms with Crippen molar-refractivity contribution >= 4 is 21.7 Å². The molecule has 4 nitrogen and oxygen atoms in total. The molecule has 2 heterocycles. The van der Waals surface area contributed by atoms with Gasteiger partial charge in [-0.25, -0.2) is 9.97 Å². The van der Waals surface area contributed by atoms with Crippen molar-refractivity contribution < 1.29 is 4.74 Å². The summed E-state index contributed by atoms with van der Waals surface area (Å²) in [6.45, 7) is 7.85. The molecule has 16 heavy (non-hydrogen) atoms. The van der Waals surface area contributed by atoms with Crippen LogP contribution in [0.5, 0.6) is 0 Å². The molecule has 5 heteroatoms. The quantitative estimate of drug-likeness (QED) is 0.742. The van der Waals surface area contributed by atoms with Gasteiger partial charge in [-0.15, -0.1) is 0 Å². The van der Waals surface area contributed by atoms with Crippen LogP contribution in [0.15, 0.2) is 10.7 Å². The third kappa shape index (κ3) is 2.71. The number of hydrogen-bond acceptors (Lipinski definition) is 4. The molecule has 0 saturated carbocycles. The molecule has 1 aliphatic heterocycles. The van der Waals surface area contributed by atoms with Gasteiger partial charge in [-0.05, 0) is 36.7 Å². The second-order valence-electron chi connectivity index (χ2n) is 4.26. The van der Waals surface area contributed by atoms with Crippen LogP contribution in [0.2, 0.25) is 0 Å². The highest BCUT2D eigenvalue weighted by Gasteiger charge is 2.23. The Morgan fingerprint density at radius 3 is 2.50 bits per heavy atom. The first-order valence-corrected chi connectivity index (χ1v) is 6.25. The van der Waals surface area contributed by atoms with Crippen LogP contribution in [0.4, 0.5) is 5.82 Å². The summed E-state index contributed by atoms with van der Waals surface area (Å²) in [7, 11) is 0. The maximum Gasteiger partial charge on any atom is 0.133 e. The van der Waals surface area contributed by atoms with Crippen molar-refractivity contribution in [1.29, 1.82) is 0 Å².